The number of hydrogen-bond donors (Lipinski definition) is 1. The molecule has 0 saturated heterocycles. The third-order valence-electron chi connectivity index (χ3n) is 1.41. The number of aromatic nitrogens is 4. The van der Waals surface area contributed by atoms with E-state index >= 15 is 0 Å². The summed E-state index contributed by atoms with van der Waals surface area (Å²) in [5, 5.41) is 10.6. The molecule has 2 heterocycles. The van der Waals surface area contributed by atoms with Crippen LogP contribution in [-0.2, 0) is 0 Å². The molecule has 0 aromatic carbocycles. The standard InChI is InChI=1S/C6H7N5/c1-7-5-9-10-6-8-3-2-4-11(5)6/h2-4H,1H3,(H,7,9). The maximum absolute atomic E-state index is 4.00. The van der Waals surface area contributed by atoms with Gasteiger partial charge in [0, 0.05) is 19.4 Å². The topological polar surface area (TPSA) is 55.1 Å². The molecule has 2 rings (SSSR count). The minimum atomic E-state index is 0.608. The third kappa shape index (κ3) is 0.813. The van der Waals surface area contributed by atoms with Crippen LogP contribution in [0.25, 0.3) is 5.78 Å². The highest BCUT2D eigenvalue weighted by atomic mass is 15.3. The van der Waals surface area contributed by atoms with Gasteiger partial charge in [-0.2, -0.15) is 0 Å². The first kappa shape index (κ1) is 6.09. The highest BCUT2D eigenvalue weighted by molar-refractivity contribution is 5.37. The van der Waals surface area contributed by atoms with E-state index in [1.807, 2.05) is 12.3 Å². The van der Waals surface area contributed by atoms with Crippen molar-refractivity contribution >= 4 is 11.7 Å². The molecule has 0 aliphatic carbocycles. The first-order valence-corrected chi connectivity index (χ1v) is 3.25. The van der Waals surface area contributed by atoms with E-state index in [2.05, 4.69) is 20.5 Å². The summed E-state index contributed by atoms with van der Waals surface area (Å²) in [5.41, 5.74) is 0. The summed E-state index contributed by atoms with van der Waals surface area (Å²) in [7, 11) is 1.80. The number of fused-ring (bicyclic) bond motifs is 1. The van der Waals surface area contributed by atoms with Gasteiger partial charge in [0.1, 0.15) is 0 Å². The minimum absolute atomic E-state index is 0.608. The molecule has 0 aliphatic rings. The summed E-state index contributed by atoms with van der Waals surface area (Å²) in [5.74, 6) is 1.31. The normalized spacial score (nSPS) is 10.3. The summed E-state index contributed by atoms with van der Waals surface area (Å²) in [4.78, 5) is 4.00. The van der Waals surface area contributed by atoms with E-state index in [4.69, 9.17) is 0 Å². The van der Waals surface area contributed by atoms with E-state index in [-0.39, 0.29) is 0 Å². The SMILES string of the molecule is CNc1nnc2ncccn12. The zero-order valence-electron chi connectivity index (χ0n) is 6.02. The third-order valence-corrected chi connectivity index (χ3v) is 1.41. The number of hydrogen-bond acceptors (Lipinski definition) is 4. The van der Waals surface area contributed by atoms with Crippen molar-refractivity contribution < 1.29 is 0 Å². The molecule has 0 amide bonds. The number of rotatable bonds is 1. The Morgan fingerprint density at radius 2 is 2.36 bits per heavy atom. The molecule has 11 heavy (non-hydrogen) atoms. The van der Waals surface area contributed by atoms with Crippen LogP contribution in [0.4, 0.5) is 5.95 Å². The van der Waals surface area contributed by atoms with Crippen molar-refractivity contribution in [1.29, 1.82) is 0 Å². The van der Waals surface area contributed by atoms with E-state index in [0.29, 0.717) is 11.7 Å². The Labute approximate surface area is 63.1 Å². The molecule has 0 bridgehead atoms. The number of anilines is 1. The second kappa shape index (κ2) is 2.19. The molecule has 56 valence electrons. The number of nitrogens with zero attached hydrogens (tertiary/aromatic N) is 4. The lowest BCUT2D eigenvalue weighted by molar-refractivity contribution is 1.09. The van der Waals surface area contributed by atoms with Crippen LogP contribution in [0.1, 0.15) is 0 Å². The second-order valence-corrected chi connectivity index (χ2v) is 2.06. The molecule has 0 radical (unpaired) electrons. The van der Waals surface area contributed by atoms with Gasteiger partial charge in [-0.1, -0.05) is 0 Å². The van der Waals surface area contributed by atoms with Crippen LogP contribution in [0, 0.1) is 0 Å². The van der Waals surface area contributed by atoms with Gasteiger partial charge in [-0.15, -0.1) is 10.2 Å². The maximum atomic E-state index is 4.00. The lowest BCUT2D eigenvalue weighted by atomic mass is 10.7. The maximum Gasteiger partial charge on any atom is 0.256 e. The molecule has 0 unspecified atom stereocenters. The molecule has 0 saturated carbocycles. The van der Waals surface area contributed by atoms with E-state index in [1.165, 1.54) is 0 Å². The lowest BCUT2D eigenvalue weighted by Gasteiger charge is -1.93. The van der Waals surface area contributed by atoms with Crippen LogP contribution in [0.5, 0.6) is 0 Å². The number of nitrogens with one attached hydrogen (secondary N) is 1. The highest BCUT2D eigenvalue weighted by Gasteiger charge is 2.00. The summed E-state index contributed by atoms with van der Waals surface area (Å²) < 4.78 is 1.78. The van der Waals surface area contributed by atoms with Crippen LogP contribution in [0.2, 0.25) is 0 Å². The van der Waals surface area contributed by atoms with E-state index in [0.717, 1.165) is 0 Å². The Morgan fingerprint density at radius 1 is 1.45 bits per heavy atom. The molecule has 5 nitrogen and oxygen atoms in total. The van der Waals surface area contributed by atoms with Crippen LogP contribution >= 0.6 is 0 Å². The summed E-state index contributed by atoms with van der Waals surface area (Å²) in [6.45, 7) is 0. The van der Waals surface area contributed by atoms with E-state index in [9.17, 15) is 0 Å². The molecule has 0 atom stereocenters. The fourth-order valence-electron chi connectivity index (χ4n) is 0.913. The minimum Gasteiger partial charge on any atom is -0.357 e. The Morgan fingerprint density at radius 3 is 3.18 bits per heavy atom. The Kier molecular flexibility index (Phi) is 1.21. The van der Waals surface area contributed by atoms with Crippen molar-refractivity contribution in [2.75, 3.05) is 12.4 Å². The second-order valence-electron chi connectivity index (χ2n) is 2.06. The van der Waals surface area contributed by atoms with Gasteiger partial charge < -0.3 is 5.32 Å². The first-order chi connectivity index (χ1) is 5.42. The Bertz CT molecular complexity index is 366. The van der Waals surface area contributed by atoms with Crippen LogP contribution in [0.3, 0.4) is 0 Å². The molecule has 2 aromatic heterocycles. The highest BCUT2D eigenvalue weighted by Crippen LogP contribution is 2.02. The van der Waals surface area contributed by atoms with Gasteiger partial charge >= 0.3 is 0 Å². The fraction of sp³-hybridized carbons (Fsp3) is 0.167. The Balaban J connectivity index is 2.76. The molecule has 0 fully saturated rings. The van der Waals surface area contributed by atoms with Crippen molar-refractivity contribution in [3.05, 3.63) is 18.5 Å². The molecule has 1 N–H and O–H groups in total. The monoisotopic (exact) mass is 149 g/mol. The summed E-state index contributed by atoms with van der Waals surface area (Å²) in [6.07, 6.45) is 3.54. The van der Waals surface area contributed by atoms with Crippen LogP contribution in [0.15, 0.2) is 18.5 Å². The van der Waals surface area contributed by atoms with Crippen LogP contribution < -0.4 is 5.32 Å². The van der Waals surface area contributed by atoms with E-state index < -0.39 is 0 Å². The zero-order chi connectivity index (χ0) is 7.68. The van der Waals surface area contributed by atoms with Crippen molar-refractivity contribution in [2.45, 2.75) is 0 Å². The Hall–Kier alpha value is -1.65. The summed E-state index contributed by atoms with van der Waals surface area (Å²) >= 11 is 0. The van der Waals surface area contributed by atoms with Crippen LogP contribution in [-0.4, -0.2) is 26.6 Å². The van der Waals surface area contributed by atoms with E-state index in [1.54, 1.807) is 17.6 Å². The van der Waals surface area contributed by atoms with Gasteiger partial charge in [0.15, 0.2) is 0 Å². The molecule has 0 aliphatic heterocycles. The quantitative estimate of drug-likeness (QED) is 0.627. The van der Waals surface area contributed by atoms with Crippen molar-refractivity contribution in [3.63, 3.8) is 0 Å². The van der Waals surface area contributed by atoms with Gasteiger partial charge in [0.25, 0.3) is 5.78 Å². The van der Waals surface area contributed by atoms with Crippen molar-refractivity contribution in [3.8, 4) is 0 Å². The molecule has 5 heteroatoms. The average Bonchev–Trinajstić information content (AvgIpc) is 2.47. The molecular formula is C6H7N5. The predicted molar refractivity (Wildman–Crippen MR) is 40.3 cm³/mol. The predicted octanol–water partition coefficient (Wildman–Crippen LogP) is 0.166. The molecule has 2 aromatic rings. The van der Waals surface area contributed by atoms with Gasteiger partial charge in [-0.3, -0.25) is 4.40 Å². The smallest absolute Gasteiger partial charge is 0.256 e. The first-order valence-electron chi connectivity index (χ1n) is 3.25. The van der Waals surface area contributed by atoms with Crippen molar-refractivity contribution in [2.24, 2.45) is 0 Å². The molecule has 0 spiro atoms. The largest absolute Gasteiger partial charge is 0.357 e. The van der Waals surface area contributed by atoms with Gasteiger partial charge in [0.2, 0.25) is 5.95 Å². The summed E-state index contributed by atoms with van der Waals surface area (Å²) in [6, 6.07) is 1.83. The van der Waals surface area contributed by atoms with Crippen molar-refractivity contribution in [1.82, 2.24) is 19.6 Å². The lowest BCUT2D eigenvalue weighted by Crippen LogP contribution is -1.95. The van der Waals surface area contributed by atoms with Gasteiger partial charge in [-0.05, 0) is 6.07 Å². The zero-order valence-corrected chi connectivity index (χ0v) is 6.02. The van der Waals surface area contributed by atoms with Gasteiger partial charge in [-0.25, -0.2) is 4.98 Å². The fourth-order valence-corrected chi connectivity index (χ4v) is 0.913. The van der Waals surface area contributed by atoms with Gasteiger partial charge in [0.05, 0.1) is 0 Å². The average molecular weight is 149 g/mol. The molecular weight excluding hydrogens is 142 g/mol.